The molecule has 0 unspecified atom stereocenters. The van der Waals surface area contributed by atoms with E-state index in [-0.39, 0.29) is 12.0 Å². The van der Waals surface area contributed by atoms with Gasteiger partial charge in [0.15, 0.2) is 0 Å². The maximum Gasteiger partial charge on any atom is 0.337 e. The number of nitrogens with one attached hydrogen (secondary N) is 1. The minimum Gasteiger partial charge on any atom is -0.507 e. The molecular weight excluding hydrogens is 354 g/mol. The van der Waals surface area contributed by atoms with Crippen LogP contribution in [-0.4, -0.2) is 44.5 Å². The highest BCUT2D eigenvalue weighted by molar-refractivity contribution is 5.90. The summed E-state index contributed by atoms with van der Waals surface area (Å²) in [6.07, 6.45) is 0. The molecule has 1 heterocycles. The third-order valence-electron chi connectivity index (χ3n) is 5.44. The summed E-state index contributed by atoms with van der Waals surface area (Å²) in [6.45, 7) is 3.09. The number of ether oxygens (including phenoxy) is 2. The van der Waals surface area contributed by atoms with Gasteiger partial charge >= 0.3 is 5.97 Å². The predicted molar refractivity (Wildman–Crippen MR) is 107 cm³/mol. The van der Waals surface area contributed by atoms with Crippen molar-refractivity contribution in [3.8, 4) is 5.75 Å². The van der Waals surface area contributed by atoms with Crippen molar-refractivity contribution in [2.45, 2.75) is 6.04 Å². The molecule has 1 aliphatic heterocycles. The zero-order valence-electron chi connectivity index (χ0n) is 15.9. The number of carbonyl (C=O) groups excluding carboxylic acids is 1. The Morgan fingerprint density at radius 3 is 2.46 bits per heavy atom. The summed E-state index contributed by atoms with van der Waals surface area (Å²) in [6, 6.07) is 19.3. The van der Waals surface area contributed by atoms with E-state index >= 15 is 0 Å². The molecule has 28 heavy (non-hydrogen) atoms. The van der Waals surface area contributed by atoms with E-state index in [1.807, 2.05) is 30.3 Å². The van der Waals surface area contributed by atoms with E-state index in [2.05, 4.69) is 12.1 Å². The predicted octanol–water partition coefficient (Wildman–Crippen LogP) is 2.34. The second kappa shape index (κ2) is 8.00. The van der Waals surface area contributed by atoms with Gasteiger partial charge in [0.1, 0.15) is 24.9 Å². The molecule has 5 nitrogen and oxygen atoms in total. The largest absolute Gasteiger partial charge is 0.507 e. The number of fused-ring (bicyclic) bond motifs is 1. The van der Waals surface area contributed by atoms with Crippen LogP contribution in [0.15, 0.2) is 60.7 Å². The number of quaternary nitrogens is 1. The first-order chi connectivity index (χ1) is 13.7. The fourth-order valence-electron chi connectivity index (χ4n) is 4.05. The standard InChI is InChI=1S/C23H23NO4/c1-27-23(26)18-8-6-17(7-9-18)22(24-12-14-28-15-13-24)21-19-5-3-2-4-16(19)10-11-20(21)25/h2-11,22,25H,12-15H2,1H3/p+1/t22-/m1/s1. The van der Waals surface area contributed by atoms with Gasteiger partial charge in [-0.3, -0.25) is 0 Å². The van der Waals surface area contributed by atoms with E-state index in [4.69, 9.17) is 9.47 Å². The molecule has 3 aromatic carbocycles. The summed E-state index contributed by atoms with van der Waals surface area (Å²) in [5.74, 6) is -0.0606. The van der Waals surface area contributed by atoms with Crippen LogP contribution in [0.4, 0.5) is 0 Å². The third-order valence-corrected chi connectivity index (χ3v) is 5.44. The number of benzene rings is 3. The quantitative estimate of drug-likeness (QED) is 0.684. The number of hydrogen-bond donors (Lipinski definition) is 2. The Kier molecular flexibility index (Phi) is 5.28. The minimum absolute atomic E-state index is 0.0540. The molecule has 0 aromatic heterocycles. The normalized spacial score (nSPS) is 16.0. The van der Waals surface area contributed by atoms with Crippen LogP contribution < -0.4 is 4.90 Å². The van der Waals surface area contributed by atoms with Crippen molar-refractivity contribution in [1.29, 1.82) is 0 Å². The van der Waals surface area contributed by atoms with E-state index < -0.39 is 0 Å². The Morgan fingerprint density at radius 2 is 1.75 bits per heavy atom. The average Bonchev–Trinajstić information content (AvgIpc) is 2.76. The molecule has 1 saturated heterocycles. The van der Waals surface area contributed by atoms with Crippen LogP contribution in [0, 0.1) is 0 Å². The molecular formula is C23H24NO4+. The molecule has 144 valence electrons. The number of rotatable bonds is 4. The van der Waals surface area contributed by atoms with Gasteiger partial charge in [-0.15, -0.1) is 0 Å². The monoisotopic (exact) mass is 378 g/mol. The molecule has 2 N–H and O–H groups in total. The Labute approximate surface area is 164 Å². The lowest BCUT2D eigenvalue weighted by Gasteiger charge is -2.33. The van der Waals surface area contributed by atoms with Crippen molar-refractivity contribution >= 4 is 16.7 Å². The van der Waals surface area contributed by atoms with Crippen molar-refractivity contribution < 1.29 is 24.3 Å². The summed E-state index contributed by atoms with van der Waals surface area (Å²) in [5, 5.41) is 13.0. The molecule has 1 atom stereocenters. The molecule has 0 spiro atoms. The second-order valence-corrected chi connectivity index (χ2v) is 7.04. The Balaban J connectivity index is 1.85. The highest BCUT2D eigenvalue weighted by atomic mass is 16.5. The zero-order valence-corrected chi connectivity index (χ0v) is 15.9. The van der Waals surface area contributed by atoms with Gasteiger partial charge in [0, 0.05) is 5.56 Å². The van der Waals surface area contributed by atoms with Gasteiger partial charge in [0.05, 0.1) is 31.5 Å². The molecule has 5 heteroatoms. The van der Waals surface area contributed by atoms with Crippen LogP contribution in [0.2, 0.25) is 0 Å². The molecule has 4 rings (SSSR count). The lowest BCUT2D eigenvalue weighted by molar-refractivity contribution is -0.933. The smallest absolute Gasteiger partial charge is 0.337 e. The number of aromatic hydroxyl groups is 1. The van der Waals surface area contributed by atoms with Crippen LogP contribution in [0.5, 0.6) is 5.75 Å². The lowest BCUT2D eigenvalue weighted by Crippen LogP contribution is -3.14. The highest BCUT2D eigenvalue weighted by Crippen LogP contribution is 2.34. The maximum absolute atomic E-state index is 11.8. The Morgan fingerprint density at radius 1 is 1.04 bits per heavy atom. The van der Waals surface area contributed by atoms with Gasteiger partial charge in [0.25, 0.3) is 0 Å². The topological polar surface area (TPSA) is 60.2 Å². The molecule has 0 radical (unpaired) electrons. The molecule has 0 amide bonds. The lowest BCUT2D eigenvalue weighted by atomic mass is 9.91. The van der Waals surface area contributed by atoms with E-state index in [0.717, 1.165) is 35.0 Å². The first-order valence-corrected chi connectivity index (χ1v) is 9.50. The van der Waals surface area contributed by atoms with Crippen LogP contribution in [0.3, 0.4) is 0 Å². The maximum atomic E-state index is 11.8. The molecule has 0 bridgehead atoms. The van der Waals surface area contributed by atoms with Gasteiger partial charge in [-0.05, 0) is 29.0 Å². The fourth-order valence-corrected chi connectivity index (χ4v) is 4.05. The van der Waals surface area contributed by atoms with Crippen molar-refractivity contribution in [2.75, 3.05) is 33.4 Å². The molecule has 1 fully saturated rings. The number of esters is 1. The average molecular weight is 378 g/mol. The molecule has 1 aliphatic rings. The van der Waals surface area contributed by atoms with Gasteiger partial charge in [-0.1, -0.05) is 42.5 Å². The number of hydrogen-bond acceptors (Lipinski definition) is 4. The van der Waals surface area contributed by atoms with E-state index in [1.54, 1.807) is 18.2 Å². The van der Waals surface area contributed by atoms with Crippen molar-refractivity contribution in [1.82, 2.24) is 0 Å². The Hall–Kier alpha value is -2.89. The van der Waals surface area contributed by atoms with Crippen molar-refractivity contribution in [2.24, 2.45) is 0 Å². The number of carbonyl (C=O) groups is 1. The second-order valence-electron chi connectivity index (χ2n) is 7.04. The third kappa shape index (κ3) is 3.46. The first-order valence-electron chi connectivity index (χ1n) is 9.50. The first kappa shape index (κ1) is 18.5. The number of phenols is 1. The summed E-state index contributed by atoms with van der Waals surface area (Å²) in [4.78, 5) is 13.1. The van der Waals surface area contributed by atoms with Gasteiger partial charge in [-0.25, -0.2) is 4.79 Å². The number of methoxy groups -OCH3 is 1. The van der Waals surface area contributed by atoms with Crippen LogP contribution in [0.25, 0.3) is 10.8 Å². The summed E-state index contributed by atoms with van der Waals surface area (Å²) >= 11 is 0. The summed E-state index contributed by atoms with van der Waals surface area (Å²) < 4.78 is 10.4. The van der Waals surface area contributed by atoms with E-state index in [9.17, 15) is 9.90 Å². The summed E-state index contributed by atoms with van der Waals surface area (Å²) in [7, 11) is 1.38. The highest BCUT2D eigenvalue weighted by Gasteiger charge is 2.31. The molecule has 3 aromatic rings. The van der Waals surface area contributed by atoms with Crippen LogP contribution in [-0.2, 0) is 9.47 Å². The minimum atomic E-state index is -0.352. The van der Waals surface area contributed by atoms with Gasteiger partial charge in [0.2, 0.25) is 0 Å². The molecule has 0 aliphatic carbocycles. The summed E-state index contributed by atoms with van der Waals surface area (Å²) in [5.41, 5.74) is 2.49. The van der Waals surface area contributed by atoms with Gasteiger partial charge in [-0.2, -0.15) is 0 Å². The van der Waals surface area contributed by atoms with Crippen molar-refractivity contribution in [3.63, 3.8) is 0 Å². The molecule has 0 saturated carbocycles. The Bertz CT molecular complexity index is 978. The van der Waals surface area contributed by atoms with Crippen molar-refractivity contribution in [3.05, 3.63) is 77.4 Å². The number of phenolic OH excluding ortho intramolecular Hbond substituents is 1. The van der Waals surface area contributed by atoms with E-state index in [1.165, 1.54) is 12.0 Å². The zero-order chi connectivity index (χ0) is 19.5. The van der Waals surface area contributed by atoms with Crippen LogP contribution in [0.1, 0.15) is 27.5 Å². The van der Waals surface area contributed by atoms with Crippen LogP contribution >= 0.6 is 0 Å². The number of morpholine rings is 1. The SMILES string of the molecule is COC(=O)c1ccc([C@H](c2c(O)ccc3ccccc23)[NH+]2CCOCC2)cc1. The fraction of sp³-hybridized carbons (Fsp3) is 0.261. The van der Waals surface area contributed by atoms with Gasteiger partial charge < -0.3 is 19.5 Å². The van der Waals surface area contributed by atoms with E-state index in [0.29, 0.717) is 24.5 Å².